The highest BCUT2D eigenvalue weighted by Gasteiger charge is 2.28. The summed E-state index contributed by atoms with van der Waals surface area (Å²) in [6, 6.07) is 3.68. The molecule has 1 heterocycles. The number of nitrogens with one attached hydrogen (secondary N) is 1. The standard InChI is InChI=1S/C14H17FN2O4/c1-21-12-5-4-10(7-11(12)15)16-14(20)17-6-2-3-9(8-17)13(18)19/h4-5,7,9H,2-3,6,8H2,1H3,(H,16,20)(H,18,19)/t9-/m1/s1. The molecular weight excluding hydrogens is 279 g/mol. The van der Waals surface area contributed by atoms with E-state index in [0.717, 1.165) is 6.07 Å². The van der Waals surface area contributed by atoms with Crippen molar-refractivity contribution < 1.29 is 23.8 Å². The van der Waals surface area contributed by atoms with Crippen LogP contribution in [0, 0.1) is 11.7 Å². The molecule has 7 heteroatoms. The van der Waals surface area contributed by atoms with E-state index in [9.17, 15) is 14.0 Å². The summed E-state index contributed by atoms with van der Waals surface area (Å²) in [5.74, 6) is -1.92. The fourth-order valence-corrected chi connectivity index (χ4v) is 2.31. The summed E-state index contributed by atoms with van der Waals surface area (Å²) in [5.41, 5.74) is 0.302. The van der Waals surface area contributed by atoms with Crippen LogP contribution in [0.3, 0.4) is 0 Å². The average molecular weight is 296 g/mol. The predicted octanol–water partition coefficient (Wildman–Crippen LogP) is 2.16. The van der Waals surface area contributed by atoms with Crippen molar-refractivity contribution in [3.05, 3.63) is 24.0 Å². The van der Waals surface area contributed by atoms with Crippen LogP contribution in [0.15, 0.2) is 18.2 Å². The van der Waals surface area contributed by atoms with Crippen molar-refractivity contribution in [2.24, 2.45) is 5.92 Å². The number of urea groups is 1. The fourth-order valence-electron chi connectivity index (χ4n) is 2.31. The molecule has 1 aliphatic heterocycles. The molecule has 2 N–H and O–H groups in total. The third-order valence-electron chi connectivity index (χ3n) is 3.46. The largest absolute Gasteiger partial charge is 0.494 e. The van der Waals surface area contributed by atoms with E-state index < -0.39 is 23.7 Å². The molecule has 21 heavy (non-hydrogen) atoms. The van der Waals surface area contributed by atoms with Crippen molar-refractivity contribution in [2.45, 2.75) is 12.8 Å². The first-order valence-electron chi connectivity index (χ1n) is 6.63. The van der Waals surface area contributed by atoms with Gasteiger partial charge in [-0.2, -0.15) is 0 Å². The van der Waals surface area contributed by atoms with Crippen molar-refractivity contribution in [3.8, 4) is 5.75 Å². The van der Waals surface area contributed by atoms with E-state index in [4.69, 9.17) is 9.84 Å². The van der Waals surface area contributed by atoms with E-state index in [1.165, 1.54) is 24.1 Å². The minimum absolute atomic E-state index is 0.0944. The molecular formula is C14H17FN2O4. The van der Waals surface area contributed by atoms with Gasteiger partial charge in [-0.15, -0.1) is 0 Å². The molecule has 6 nitrogen and oxygen atoms in total. The van der Waals surface area contributed by atoms with Gasteiger partial charge < -0.3 is 20.1 Å². The van der Waals surface area contributed by atoms with E-state index >= 15 is 0 Å². The zero-order chi connectivity index (χ0) is 15.4. The van der Waals surface area contributed by atoms with Crippen molar-refractivity contribution in [2.75, 3.05) is 25.5 Å². The Morgan fingerprint density at radius 2 is 2.24 bits per heavy atom. The Balaban J connectivity index is 2.00. The van der Waals surface area contributed by atoms with Crippen LogP contribution in [0.2, 0.25) is 0 Å². The van der Waals surface area contributed by atoms with Gasteiger partial charge in [-0.3, -0.25) is 4.79 Å². The van der Waals surface area contributed by atoms with Crippen LogP contribution < -0.4 is 10.1 Å². The number of benzene rings is 1. The molecule has 0 spiro atoms. The van der Waals surface area contributed by atoms with Crippen molar-refractivity contribution >= 4 is 17.7 Å². The number of piperidine rings is 1. The van der Waals surface area contributed by atoms with Gasteiger partial charge in [-0.1, -0.05) is 0 Å². The SMILES string of the molecule is COc1ccc(NC(=O)N2CCC[C@@H](C(=O)O)C2)cc1F. The quantitative estimate of drug-likeness (QED) is 0.896. The van der Waals surface area contributed by atoms with Crippen molar-refractivity contribution in [1.82, 2.24) is 4.90 Å². The van der Waals surface area contributed by atoms with Crippen molar-refractivity contribution in [3.63, 3.8) is 0 Å². The highest BCUT2D eigenvalue weighted by atomic mass is 19.1. The maximum Gasteiger partial charge on any atom is 0.321 e. The summed E-state index contributed by atoms with van der Waals surface area (Å²) in [6.45, 7) is 0.661. The molecule has 114 valence electrons. The Labute approximate surface area is 121 Å². The molecule has 1 aromatic rings. The monoisotopic (exact) mass is 296 g/mol. The molecule has 0 saturated carbocycles. The van der Waals surface area contributed by atoms with E-state index in [-0.39, 0.29) is 12.3 Å². The molecule has 0 aliphatic carbocycles. The number of carbonyl (C=O) groups excluding carboxylic acids is 1. The number of amides is 2. The highest BCUT2D eigenvalue weighted by Crippen LogP contribution is 2.22. The first kappa shape index (κ1) is 15.1. The van der Waals surface area contributed by atoms with Crippen LogP contribution in [-0.4, -0.2) is 42.2 Å². The topological polar surface area (TPSA) is 78.9 Å². The molecule has 1 aromatic carbocycles. The van der Waals surface area contributed by atoms with Crippen LogP contribution in [0.25, 0.3) is 0 Å². The number of hydrogen-bond donors (Lipinski definition) is 2. The number of carbonyl (C=O) groups is 2. The lowest BCUT2D eigenvalue weighted by Gasteiger charge is -2.30. The summed E-state index contributed by atoms with van der Waals surface area (Å²) >= 11 is 0. The highest BCUT2D eigenvalue weighted by molar-refractivity contribution is 5.89. The number of carboxylic acid groups (broad SMARTS) is 1. The van der Waals surface area contributed by atoms with E-state index in [1.54, 1.807) is 0 Å². The second-order valence-corrected chi connectivity index (χ2v) is 4.90. The third kappa shape index (κ3) is 3.62. The number of carboxylic acids is 1. The average Bonchev–Trinajstić information content (AvgIpc) is 2.47. The minimum Gasteiger partial charge on any atom is -0.494 e. The Morgan fingerprint density at radius 1 is 1.48 bits per heavy atom. The first-order chi connectivity index (χ1) is 10.0. The number of likely N-dealkylation sites (tertiary alicyclic amines) is 1. The van der Waals surface area contributed by atoms with E-state index in [0.29, 0.717) is 25.1 Å². The molecule has 1 saturated heterocycles. The summed E-state index contributed by atoms with van der Waals surface area (Å²) < 4.78 is 18.3. The molecule has 0 unspecified atom stereocenters. The Hall–Kier alpha value is -2.31. The normalized spacial score (nSPS) is 18.2. The molecule has 2 amide bonds. The first-order valence-corrected chi connectivity index (χ1v) is 6.63. The van der Waals surface area contributed by atoms with Gasteiger partial charge in [0.1, 0.15) is 0 Å². The van der Waals surface area contributed by atoms with Crippen LogP contribution in [0.4, 0.5) is 14.9 Å². The molecule has 1 aliphatic rings. The molecule has 0 aromatic heterocycles. The van der Waals surface area contributed by atoms with Crippen LogP contribution in [-0.2, 0) is 4.79 Å². The molecule has 1 atom stereocenters. The maximum atomic E-state index is 13.5. The number of ether oxygens (including phenoxy) is 1. The zero-order valence-electron chi connectivity index (χ0n) is 11.6. The number of anilines is 1. The lowest BCUT2D eigenvalue weighted by molar-refractivity contribution is -0.143. The second kappa shape index (κ2) is 6.43. The van der Waals surface area contributed by atoms with E-state index in [1.807, 2.05) is 0 Å². The van der Waals surface area contributed by atoms with Gasteiger partial charge in [0, 0.05) is 24.8 Å². The van der Waals surface area contributed by atoms with Gasteiger partial charge in [0.05, 0.1) is 13.0 Å². The molecule has 0 radical (unpaired) electrons. The Kier molecular flexibility index (Phi) is 4.62. The maximum absolute atomic E-state index is 13.5. The minimum atomic E-state index is -0.900. The summed E-state index contributed by atoms with van der Waals surface area (Å²) in [7, 11) is 1.36. The summed E-state index contributed by atoms with van der Waals surface area (Å²) in [5, 5.41) is 11.6. The van der Waals surface area contributed by atoms with Gasteiger partial charge in [-0.25, -0.2) is 9.18 Å². The second-order valence-electron chi connectivity index (χ2n) is 4.90. The molecule has 1 fully saturated rings. The third-order valence-corrected chi connectivity index (χ3v) is 3.46. The van der Waals surface area contributed by atoms with Crippen molar-refractivity contribution in [1.29, 1.82) is 0 Å². The number of halogens is 1. The Morgan fingerprint density at radius 3 is 2.86 bits per heavy atom. The van der Waals surface area contributed by atoms with Gasteiger partial charge in [0.25, 0.3) is 0 Å². The predicted molar refractivity (Wildman–Crippen MR) is 73.9 cm³/mol. The van der Waals surface area contributed by atoms with Crippen LogP contribution >= 0.6 is 0 Å². The van der Waals surface area contributed by atoms with E-state index in [2.05, 4.69) is 5.32 Å². The smallest absolute Gasteiger partial charge is 0.321 e. The summed E-state index contributed by atoms with van der Waals surface area (Å²) in [6.07, 6.45) is 1.21. The van der Waals surface area contributed by atoms with Gasteiger partial charge in [-0.05, 0) is 25.0 Å². The Bertz CT molecular complexity index is 550. The van der Waals surface area contributed by atoms with Crippen LogP contribution in [0.1, 0.15) is 12.8 Å². The number of methoxy groups -OCH3 is 1. The lowest BCUT2D eigenvalue weighted by Crippen LogP contribution is -2.44. The number of rotatable bonds is 3. The number of aliphatic carboxylic acids is 1. The van der Waals surface area contributed by atoms with Gasteiger partial charge in [0.15, 0.2) is 11.6 Å². The molecule has 0 bridgehead atoms. The number of nitrogens with zero attached hydrogens (tertiary/aromatic N) is 1. The lowest BCUT2D eigenvalue weighted by atomic mass is 9.99. The number of hydrogen-bond acceptors (Lipinski definition) is 3. The summed E-state index contributed by atoms with van der Waals surface area (Å²) in [4.78, 5) is 24.5. The fraction of sp³-hybridized carbons (Fsp3) is 0.429. The van der Waals surface area contributed by atoms with Crippen LogP contribution in [0.5, 0.6) is 5.75 Å². The van der Waals surface area contributed by atoms with Gasteiger partial charge in [0.2, 0.25) is 0 Å². The zero-order valence-corrected chi connectivity index (χ0v) is 11.6. The molecule has 2 rings (SSSR count). The van der Waals surface area contributed by atoms with Gasteiger partial charge >= 0.3 is 12.0 Å².